The second-order valence-corrected chi connectivity index (χ2v) is 12.6. The molecule has 0 unspecified atom stereocenters. The van der Waals surface area contributed by atoms with E-state index in [4.69, 9.17) is 0 Å². The van der Waals surface area contributed by atoms with Crippen LogP contribution in [0.4, 0.5) is 0 Å². The average molecular weight is 527 g/mol. The molecular formula is C31H66N4O2+2. The Morgan fingerprint density at radius 2 is 0.784 bits per heavy atom. The number of quaternary nitrogens is 2. The number of nitrogens with zero attached hydrogens (tertiary/aromatic N) is 2. The van der Waals surface area contributed by atoms with E-state index in [0.29, 0.717) is 12.8 Å². The maximum Gasteiger partial charge on any atom is 0.219 e. The topological polar surface area (TPSA) is 58.2 Å². The van der Waals surface area contributed by atoms with E-state index in [1.807, 2.05) is 0 Å². The fourth-order valence-electron chi connectivity index (χ4n) is 4.90. The third-order valence-electron chi connectivity index (χ3n) is 7.57. The van der Waals surface area contributed by atoms with Crippen molar-refractivity contribution in [1.29, 1.82) is 0 Å². The molecule has 220 valence electrons. The maximum atomic E-state index is 12.0. The minimum Gasteiger partial charge on any atom is -0.356 e. The molecule has 37 heavy (non-hydrogen) atoms. The van der Waals surface area contributed by atoms with E-state index in [1.165, 1.54) is 83.7 Å². The molecule has 0 aromatic carbocycles. The van der Waals surface area contributed by atoms with Crippen LogP contribution in [0.3, 0.4) is 0 Å². The second-order valence-electron chi connectivity index (χ2n) is 12.6. The van der Waals surface area contributed by atoms with Crippen molar-refractivity contribution < 1.29 is 18.6 Å². The van der Waals surface area contributed by atoms with Crippen molar-refractivity contribution in [2.45, 2.75) is 123 Å². The van der Waals surface area contributed by atoms with Crippen molar-refractivity contribution in [3.8, 4) is 0 Å². The Balaban J connectivity index is 3.75. The van der Waals surface area contributed by atoms with Gasteiger partial charge in [-0.3, -0.25) is 9.59 Å². The minimum absolute atomic E-state index is 0.225. The van der Waals surface area contributed by atoms with Crippen molar-refractivity contribution in [1.82, 2.24) is 10.6 Å². The van der Waals surface area contributed by atoms with Crippen LogP contribution in [0.25, 0.3) is 0 Å². The first-order valence-electron chi connectivity index (χ1n) is 15.8. The first-order chi connectivity index (χ1) is 17.6. The van der Waals surface area contributed by atoms with Gasteiger partial charge in [0.2, 0.25) is 11.8 Å². The molecule has 0 fully saturated rings. The quantitative estimate of drug-likeness (QED) is 0.107. The Kier molecular flexibility index (Phi) is 22.1. The Hall–Kier alpha value is -1.14. The third kappa shape index (κ3) is 24.9. The third-order valence-corrected chi connectivity index (χ3v) is 7.57. The first-order valence-corrected chi connectivity index (χ1v) is 15.8. The Morgan fingerprint density at radius 3 is 1.16 bits per heavy atom. The van der Waals surface area contributed by atoms with Gasteiger partial charge >= 0.3 is 0 Å². The van der Waals surface area contributed by atoms with Gasteiger partial charge in [0.25, 0.3) is 0 Å². The van der Waals surface area contributed by atoms with Gasteiger partial charge in [-0.15, -0.1) is 0 Å². The summed E-state index contributed by atoms with van der Waals surface area (Å²) in [6, 6.07) is 0. The number of rotatable bonds is 26. The summed E-state index contributed by atoms with van der Waals surface area (Å²) in [4.78, 5) is 23.9. The summed E-state index contributed by atoms with van der Waals surface area (Å²) in [7, 11) is 9.26. The van der Waals surface area contributed by atoms with Gasteiger partial charge in [-0.1, -0.05) is 65.2 Å². The Bertz CT molecular complexity index is 515. The Morgan fingerprint density at radius 1 is 0.459 bits per heavy atom. The van der Waals surface area contributed by atoms with Crippen LogP contribution in [0.2, 0.25) is 0 Å². The molecule has 6 heteroatoms. The molecule has 0 spiro atoms. The van der Waals surface area contributed by atoms with E-state index in [9.17, 15) is 9.59 Å². The lowest BCUT2D eigenvalue weighted by atomic mass is 10.1. The number of carbonyl (C=O) groups excluding carboxylic acids is 2. The van der Waals surface area contributed by atoms with Gasteiger partial charge in [0.05, 0.1) is 54.4 Å². The summed E-state index contributed by atoms with van der Waals surface area (Å²) >= 11 is 0. The molecule has 0 rings (SSSR count). The predicted molar refractivity (Wildman–Crippen MR) is 160 cm³/mol. The van der Waals surface area contributed by atoms with Crippen molar-refractivity contribution in [3.63, 3.8) is 0 Å². The standard InChI is InChI=1S/C31H64N4O2/c1-7-9-11-13-16-22-30(36)32-24-20-28-34(3,4)26-18-15-19-27-35(5,6)29-21-25-33-31(37)23-17-14-12-10-8-2/h7-29H2,1-6H3/p+2. The average Bonchev–Trinajstić information content (AvgIpc) is 2.84. The summed E-state index contributed by atoms with van der Waals surface area (Å²) in [5.41, 5.74) is 0. The van der Waals surface area contributed by atoms with E-state index in [1.54, 1.807) is 0 Å². The molecule has 0 saturated heterocycles. The molecule has 0 aromatic rings. The smallest absolute Gasteiger partial charge is 0.219 e. The number of nitrogens with one attached hydrogen (secondary N) is 2. The number of amides is 2. The van der Waals surface area contributed by atoms with Crippen LogP contribution in [-0.4, -0.2) is 88.2 Å². The van der Waals surface area contributed by atoms with E-state index >= 15 is 0 Å². The zero-order valence-electron chi connectivity index (χ0n) is 26.0. The molecule has 0 radical (unpaired) electrons. The van der Waals surface area contributed by atoms with Crippen molar-refractivity contribution in [3.05, 3.63) is 0 Å². The molecule has 0 saturated carbocycles. The largest absolute Gasteiger partial charge is 0.356 e. The molecule has 6 nitrogen and oxygen atoms in total. The number of carbonyl (C=O) groups is 2. The highest BCUT2D eigenvalue weighted by Gasteiger charge is 2.17. The fraction of sp³-hybridized carbons (Fsp3) is 0.935. The minimum atomic E-state index is 0.225. The van der Waals surface area contributed by atoms with Crippen LogP contribution < -0.4 is 10.6 Å². The predicted octanol–water partition coefficient (Wildman–Crippen LogP) is 6.04. The maximum absolute atomic E-state index is 12.0. The van der Waals surface area contributed by atoms with Gasteiger partial charge in [-0.05, 0) is 32.1 Å². The normalized spacial score (nSPS) is 12.1. The van der Waals surface area contributed by atoms with Crippen molar-refractivity contribution >= 4 is 11.8 Å². The molecular weight excluding hydrogens is 460 g/mol. The highest BCUT2D eigenvalue weighted by molar-refractivity contribution is 5.76. The van der Waals surface area contributed by atoms with Gasteiger partial charge < -0.3 is 19.6 Å². The zero-order valence-corrected chi connectivity index (χ0v) is 26.0. The van der Waals surface area contributed by atoms with Gasteiger partial charge in [0, 0.05) is 38.8 Å². The molecule has 0 bridgehead atoms. The van der Waals surface area contributed by atoms with Crippen molar-refractivity contribution in [2.75, 3.05) is 67.5 Å². The van der Waals surface area contributed by atoms with E-state index in [2.05, 4.69) is 52.7 Å². The zero-order chi connectivity index (χ0) is 27.8. The first kappa shape index (κ1) is 35.9. The lowest BCUT2D eigenvalue weighted by molar-refractivity contribution is -0.892. The molecule has 0 aliphatic heterocycles. The highest BCUT2D eigenvalue weighted by Crippen LogP contribution is 2.09. The van der Waals surface area contributed by atoms with Crippen molar-refractivity contribution in [2.24, 2.45) is 0 Å². The molecule has 2 amide bonds. The second kappa shape index (κ2) is 22.8. The van der Waals surface area contributed by atoms with Gasteiger partial charge in [0.1, 0.15) is 0 Å². The lowest BCUT2D eigenvalue weighted by Gasteiger charge is -2.31. The Labute approximate surface area is 231 Å². The molecule has 0 aliphatic carbocycles. The van der Waals surface area contributed by atoms with Gasteiger partial charge in [0.15, 0.2) is 0 Å². The van der Waals surface area contributed by atoms with E-state index < -0.39 is 0 Å². The van der Waals surface area contributed by atoms with Crippen LogP contribution >= 0.6 is 0 Å². The van der Waals surface area contributed by atoms with Crippen LogP contribution in [0.5, 0.6) is 0 Å². The monoisotopic (exact) mass is 527 g/mol. The van der Waals surface area contributed by atoms with Gasteiger partial charge in [-0.2, -0.15) is 0 Å². The highest BCUT2D eigenvalue weighted by atomic mass is 16.2. The number of unbranched alkanes of at least 4 members (excludes halogenated alkanes) is 10. The number of hydrogen-bond donors (Lipinski definition) is 2. The fourth-order valence-corrected chi connectivity index (χ4v) is 4.90. The SMILES string of the molecule is CCCCCCCC(=O)NCCC[N+](C)(C)CCCCC[N+](C)(C)CCCNC(=O)CCCCCCC. The number of hydrogen-bond acceptors (Lipinski definition) is 2. The molecule has 0 aromatic heterocycles. The van der Waals surface area contributed by atoms with Crippen LogP contribution in [0.15, 0.2) is 0 Å². The van der Waals surface area contributed by atoms with E-state index in [0.717, 1.165) is 60.8 Å². The summed E-state index contributed by atoms with van der Waals surface area (Å²) in [6.45, 7) is 10.7. The van der Waals surface area contributed by atoms with Crippen LogP contribution in [0.1, 0.15) is 123 Å². The van der Waals surface area contributed by atoms with Crippen LogP contribution in [-0.2, 0) is 9.59 Å². The van der Waals surface area contributed by atoms with Gasteiger partial charge in [-0.25, -0.2) is 0 Å². The summed E-state index contributed by atoms with van der Waals surface area (Å²) in [5, 5.41) is 6.21. The molecule has 0 atom stereocenters. The molecule has 2 N–H and O–H groups in total. The van der Waals surface area contributed by atoms with E-state index in [-0.39, 0.29) is 11.8 Å². The summed E-state index contributed by atoms with van der Waals surface area (Å²) < 4.78 is 2.06. The summed E-state index contributed by atoms with van der Waals surface area (Å²) in [6.07, 6.45) is 19.2. The van der Waals surface area contributed by atoms with Crippen LogP contribution in [0, 0.1) is 0 Å². The summed E-state index contributed by atoms with van der Waals surface area (Å²) in [5.74, 6) is 0.449. The molecule has 0 aliphatic rings. The lowest BCUT2D eigenvalue weighted by Crippen LogP contribution is -2.43. The molecule has 0 heterocycles.